The molecule has 0 aliphatic heterocycles. The molecule has 0 bridgehead atoms. The summed E-state index contributed by atoms with van der Waals surface area (Å²) in [7, 11) is 1.95. The molecule has 108 valence electrons. The largest absolute Gasteiger partial charge is 0.271 e. The molecule has 0 amide bonds. The highest BCUT2D eigenvalue weighted by atomic mass is 35.5. The van der Waals surface area contributed by atoms with Gasteiger partial charge in [-0.3, -0.25) is 16.0 Å². The van der Waals surface area contributed by atoms with Crippen LogP contribution in [0.25, 0.3) is 0 Å². The summed E-state index contributed by atoms with van der Waals surface area (Å²) in [5, 5.41) is 5.17. The lowest BCUT2D eigenvalue weighted by Crippen LogP contribution is -2.48. The van der Waals surface area contributed by atoms with Crippen molar-refractivity contribution >= 4 is 11.6 Å². The third-order valence-electron chi connectivity index (χ3n) is 4.90. The normalized spacial score (nSPS) is 19.8. The second-order valence-electron chi connectivity index (χ2n) is 5.82. The molecule has 0 spiro atoms. The van der Waals surface area contributed by atoms with Gasteiger partial charge in [-0.1, -0.05) is 31.4 Å². The second kappa shape index (κ2) is 5.81. The van der Waals surface area contributed by atoms with E-state index >= 15 is 0 Å². The van der Waals surface area contributed by atoms with Gasteiger partial charge in [-0.05, 0) is 31.6 Å². The maximum Gasteiger partial charge on any atom is 0.0847 e. The van der Waals surface area contributed by atoms with Crippen LogP contribution in [0, 0.1) is 12.3 Å². The highest BCUT2D eigenvalue weighted by Gasteiger charge is 2.40. The number of halogens is 1. The second-order valence-corrected chi connectivity index (χ2v) is 6.19. The van der Waals surface area contributed by atoms with Gasteiger partial charge >= 0.3 is 0 Å². The van der Waals surface area contributed by atoms with E-state index in [0.717, 1.165) is 29.3 Å². The van der Waals surface area contributed by atoms with Crippen LogP contribution in [0.1, 0.15) is 50.4 Å². The average Bonchev–Trinajstić information content (AvgIpc) is 2.96. The van der Waals surface area contributed by atoms with E-state index in [1.54, 1.807) is 0 Å². The summed E-state index contributed by atoms with van der Waals surface area (Å²) in [6.07, 6.45) is 7.14. The van der Waals surface area contributed by atoms with Gasteiger partial charge < -0.3 is 0 Å². The van der Waals surface area contributed by atoms with Gasteiger partial charge in [0.1, 0.15) is 0 Å². The van der Waals surface area contributed by atoms with E-state index in [2.05, 4.69) is 17.4 Å². The summed E-state index contributed by atoms with van der Waals surface area (Å²) in [6.45, 7) is 4.22. The van der Waals surface area contributed by atoms with Crippen LogP contribution in [0.2, 0.25) is 5.02 Å². The number of hydrogen-bond donors (Lipinski definition) is 2. The number of hydrogen-bond acceptors (Lipinski definition) is 3. The summed E-state index contributed by atoms with van der Waals surface area (Å²) < 4.78 is 1.89. The van der Waals surface area contributed by atoms with Gasteiger partial charge in [0.2, 0.25) is 0 Å². The SMILES string of the molecule is CCC1(C(Cc2c(Cl)c(C)nn2C)NN)CCCC1. The first-order chi connectivity index (χ1) is 9.04. The maximum atomic E-state index is 6.36. The lowest BCUT2D eigenvalue weighted by molar-refractivity contribution is 0.183. The summed E-state index contributed by atoms with van der Waals surface area (Å²) in [4.78, 5) is 0. The van der Waals surface area contributed by atoms with Crippen molar-refractivity contribution in [3.05, 3.63) is 16.4 Å². The van der Waals surface area contributed by atoms with Gasteiger partial charge in [0.05, 0.1) is 16.4 Å². The van der Waals surface area contributed by atoms with Crippen molar-refractivity contribution in [2.75, 3.05) is 0 Å². The molecular formula is C14H25ClN4. The van der Waals surface area contributed by atoms with E-state index in [1.807, 2.05) is 18.7 Å². The highest BCUT2D eigenvalue weighted by molar-refractivity contribution is 6.31. The van der Waals surface area contributed by atoms with Gasteiger partial charge in [0.15, 0.2) is 0 Å². The Bertz CT molecular complexity index is 435. The van der Waals surface area contributed by atoms with E-state index in [4.69, 9.17) is 17.4 Å². The van der Waals surface area contributed by atoms with Gasteiger partial charge in [0, 0.05) is 19.5 Å². The first-order valence-electron chi connectivity index (χ1n) is 7.18. The molecule has 19 heavy (non-hydrogen) atoms. The van der Waals surface area contributed by atoms with Crippen LogP contribution in [0.15, 0.2) is 0 Å². The molecule has 5 heteroatoms. The Morgan fingerprint density at radius 3 is 2.53 bits per heavy atom. The molecule has 1 fully saturated rings. The molecule has 2 rings (SSSR count). The van der Waals surface area contributed by atoms with Crippen molar-refractivity contribution in [3.8, 4) is 0 Å². The van der Waals surface area contributed by atoms with E-state index in [0.29, 0.717) is 5.41 Å². The minimum absolute atomic E-state index is 0.271. The monoisotopic (exact) mass is 284 g/mol. The fourth-order valence-corrected chi connectivity index (χ4v) is 3.81. The Hall–Kier alpha value is -0.580. The Kier molecular flexibility index (Phi) is 4.54. The number of nitrogens with one attached hydrogen (secondary N) is 1. The third kappa shape index (κ3) is 2.67. The Morgan fingerprint density at radius 1 is 1.47 bits per heavy atom. The van der Waals surface area contributed by atoms with E-state index in [9.17, 15) is 0 Å². The molecule has 1 aliphatic rings. The first kappa shape index (κ1) is 14.8. The molecule has 1 unspecified atom stereocenters. The van der Waals surface area contributed by atoms with Crippen molar-refractivity contribution in [1.29, 1.82) is 0 Å². The standard InChI is InChI=1S/C14H25ClN4/c1-4-14(7-5-6-8-14)12(17-16)9-11-13(15)10(2)18-19(11)3/h12,17H,4-9,16H2,1-3H3. The number of aryl methyl sites for hydroxylation is 2. The van der Waals surface area contributed by atoms with Crippen LogP contribution >= 0.6 is 11.6 Å². The number of aromatic nitrogens is 2. The van der Waals surface area contributed by atoms with Crippen LogP contribution in [-0.4, -0.2) is 15.8 Å². The highest BCUT2D eigenvalue weighted by Crippen LogP contribution is 2.44. The molecule has 0 aromatic carbocycles. The van der Waals surface area contributed by atoms with E-state index < -0.39 is 0 Å². The van der Waals surface area contributed by atoms with Gasteiger partial charge in [0.25, 0.3) is 0 Å². The smallest absolute Gasteiger partial charge is 0.0847 e. The van der Waals surface area contributed by atoms with Crippen molar-refractivity contribution in [2.45, 2.75) is 58.4 Å². The molecule has 1 aromatic rings. The predicted octanol–water partition coefficient (Wildman–Crippen LogP) is 2.73. The Labute approximate surface area is 120 Å². The van der Waals surface area contributed by atoms with Crippen LogP contribution in [0.4, 0.5) is 0 Å². The van der Waals surface area contributed by atoms with Crippen LogP contribution < -0.4 is 11.3 Å². The fraction of sp³-hybridized carbons (Fsp3) is 0.786. The van der Waals surface area contributed by atoms with E-state index in [1.165, 1.54) is 25.7 Å². The summed E-state index contributed by atoms with van der Waals surface area (Å²) >= 11 is 6.36. The maximum absolute atomic E-state index is 6.36. The first-order valence-corrected chi connectivity index (χ1v) is 7.56. The van der Waals surface area contributed by atoms with Gasteiger partial charge in [-0.25, -0.2) is 0 Å². The summed E-state index contributed by atoms with van der Waals surface area (Å²) in [5.74, 6) is 5.85. The molecule has 0 saturated heterocycles. The molecule has 4 nitrogen and oxygen atoms in total. The Balaban J connectivity index is 2.23. The number of nitrogens with zero attached hydrogens (tertiary/aromatic N) is 2. The molecule has 1 atom stereocenters. The molecule has 0 radical (unpaired) electrons. The van der Waals surface area contributed by atoms with Gasteiger partial charge in [-0.15, -0.1) is 0 Å². The molecule has 3 N–H and O–H groups in total. The quantitative estimate of drug-likeness (QED) is 0.646. The third-order valence-corrected chi connectivity index (χ3v) is 5.39. The Morgan fingerprint density at radius 2 is 2.11 bits per heavy atom. The number of rotatable bonds is 5. The fourth-order valence-electron chi connectivity index (χ4n) is 3.57. The zero-order valence-electron chi connectivity index (χ0n) is 12.2. The molecule has 1 aromatic heterocycles. The van der Waals surface area contributed by atoms with Crippen molar-refractivity contribution < 1.29 is 0 Å². The molecule has 1 heterocycles. The van der Waals surface area contributed by atoms with E-state index in [-0.39, 0.29) is 6.04 Å². The number of nitrogens with two attached hydrogens (primary N) is 1. The lowest BCUT2D eigenvalue weighted by atomic mass is 9.74. The van der Waals surface area contributed by atoms with Crippen molar-refractivity contribution in [1.82, 2.24) is 15.2 Å². The topological polar surface area (TPSA) is 55.9 Å². The molecule has 1 aliphatic carbocycles. The summed E-state index contributed by atoms with van der Waals surface area (Å²) in [5.41, 5.74) is 5.34. The molecule has 1 saturated carbocycles. The average molecular weight is 285 g/mol. The van der Waals surface area contributed by atoms with Crippen LogP contribution in [-0.2, 0) is 13.5 Å². The summed E-state index contributed by atoms with van der Waals surface area (Å²) in [6, 6.07) is 0.271. The molecular weight excluding hydrogens is 260 g/mol. The zero-order valence-corrected chi connectivity index (χ0v) is 12.9. The van der Waals surface area contributed by atoms with Crippen LogP contribution in [0.3, 0.4) is 0 Å². The van der Waals surface area contributed by atoms with Crippen LogP contribution in [0.5, 0.6) is 0 Å². The lowest BCUT2D eigenvalue weighted by Gasteiger charge is -2.36. The minimum Gasteiger partial charge on any atom is -0.271 e. The minimum atomic E-state index is 0.271. The van der Waals surface area contributed by atoms with Crippen molar-refractivity contribution in [3.63, 3.8) is 0 Å². The zero-order chi connectivity index (χ0) is 14.0. The number of hydrazine groups is 1. The van der Waals surface area contributed by atoms with Gasteiger partial charge in [-0.2, -0.15) is 5.10 Å². The van der Waals surface area contributed by atoms with Crippen molar-refractivity contribution in [2.24, 2.45) is 18.3 Å². The predicted molar refractivity (Wildman–Crippen MR) is 79.0 cm³/mol.